The van der Waals surface area contributed by atoms with Crippen LogP contribution in [0.4, 0.5) is 0 Å². The Morgan fingerprint density at radius 1 is 0.857 bits per heavy atom. The highest BCUT2D eigenvalue weighted by molar-refractivity contribution is 5.94. The second-order valence-corrected chi connectivity index (χ2v) is 8.43. The Hall–Kier alpha value is -3.06. The van der Waals surface area contributed by atoms with Crippen molar-refractivity contribution in [2.45, 2.75) is 75.9 Å². The molecule has 0 aromatic heterocycles. The monoisotopic (exact) mass is 495 g/mol. The maximum atomic E-state index is 12.8. The predicted octanol–water partition coefficient (Wildman–Crippen LogP) is -2.01. The molecular weight excluding hydrogens is 458 g/mol. The smallest absolute Gasteiger partial charge is 0.326 e. The second-order valence-electron chi connectivity index (χ2n) is 8.43. The van der Waals surface area contributed by atoms with Crippen LogP contribution in [0.1, 0.15) is 38.7 Å². The van der Waals surface area contributed by atoms with Crippen LogP contribution in [-0.2, 0) is 25.6 Å². The molecule has 6 atom stereocenters. The van der Waals surface area contributed by atoms with Gasteiger partial charge in [0.05, 0.1) is 18.2 Å². The Kier molecular flexibility index (Phi) is 12.9. The average molecular weight is 496 g/mol. The Bertz CT molecular complexity index is 835. The molecule has 0 radical (unpaired) electrons. The first-order valence-corrected chi connectivity index (χ1v) is 11.5. The number of benzene rings is 1. The summed E-state index contributed by atoms with van der Waals surface area (Å²) in [5, 5.41) is 36.4. The van der Waals surface area contributed by atoms with Gasteiger partial charge in [0.1, 0.15) is 18.1 Å². The number of aliphatic hydroxyl groups excluding tert-OH is 2. The van der Waals surface area contributed by atoms with Gasteiger partial charge in [0.2, 0.25) is 17.7 Å². The van der Waals surface area contributed by atoms with Crippen molar-refractivity contribution in [1.82, 2.24) is 16.0 Å². The van der Waals surface area contributed by atoms with Gasteiger partial charge in [-0.1, -0.05) is 30.3 Å². The van der Waals surface area contributed by atoms with E-state index in [1.807, 2.05) is 6.07 Å². The Morgan fingerprint density at radius 3 is 1.86 bits per heavy atom. The first kappa shape index (κ1) is 30.0. The summed E-state index contributed by atoms with van der Waals surface area (Å²) in [5.74, 6) is -3.84. The van der Waals surface area contributed by atoms with Crippen LogP contribution in [0.25, 0.3) is 0 Å². The van der Waals surface area contributed by atoms with Gasteiger partial charge in [0.15, 0.2) is 0 Å². The molecule has 0 aliphatic heterocycles. The number of carboxylic acids is 1. The van der Waals surface area contributed by atoms with Crippen molar-refractivity contribution in [3.63, 3.8) is 0 Å². The molecular formula is C23H37N5O7. The van der Waals surface area contributed by atoms with E-state index < -0.39 is 60.1 Å². The summed E-state index contributed by atoms with van der Waals surface area (Å²) >= 11 is 0. The molecule has 0 aliphatic carbocycles. The number of hydrogen-bond acceptors (Lipinski definition) is 8. The highest BCUT2D eigenvalue weighted by Gasteiger charge is 2.34. The minimum Gasteiger partial charge on any atom is -0.480 e. The molecule has 1 aromatic carbocycles. The zero-order valence-corrected chi connectivity index (χ0v) is 20.0. The second kappa shape index (κ2) is 15.0. The van der Waals surface area contributed by atoms with Crippen LogP contribution >= 0.6 is 0 Å². The molecule has 1 aromatic rings. The SMILES string of the molecule is CC(O)C(NC(=O)C(N)Cc1ccccc1)C(=O)NC(C(=O)NC(CCCCN)C(=O)O)C(C)O. The van der Waals surface area contributed by atoms with E-state index >= 15 is 0 Å². The topological polar surface area (TPSA) is 217 Å². The van der Waals surface area contributed by atoms with Gasteiger partial charge in [-0.3, -0.25) is 14.4 Å². The van der Waals surface area contributed by atoms with Crippen LogP contribution in [0.15, 0.2) is 30.3 Å². The maximum Gasteiger partial charge on any atom is 0.326 e. The molecule has 196 valence electrons. The summed E-state index contributed by atoms with van der Waals surface area (Å²) in [7, 11) is 0. The first-order valence-electron chi connectivity index (χ1n) is 11.5. The molecule has 0 fully saturated rings. The van der Waals surface area contributed by atoms with Gasteiger partial charge in [-0.2, -0.15) is 0 Å². The molecule has 0 aliphatic rings. The molecule has 3 amide bonds. The number of nitrogens with one attached hydrogen (secondary N) is 3. The summed E-state index contributed by atoms with van der Waals surface area (Å²) < 4.78 is 0. The lowest BCUT2D eigenvalue weighted by Gasteiger charge is -2.27. The standard InChI is InChI=1S/C23H37N5O7/c1-13(29)18(21(32)26-17(23(34)35)10-6-7-11-24)28-22(33)19(14(2)30)27-20(31)16(25)12-15-8-4-3-5-9-15/h3-5,8-9,13-14,16-19,29-30H,6-7,10-12,24-25H2,1-2H3,(H,26,32)(H,27,31)(H,28,33)(H,34,35). The van der Waals surface area contributed by atoms with Crippen LogP contribution in [0.2, 0.25) is 0 Å². The van der Waals surface area contributed by atoms with E-state index in [9.17, 15) is 34.5 Å². The molecule has 12 nitrogen and oxygen atoms in total. The minimum atomic E-state index is -1.53. The Balaban J connectivity index is 2.85. The third kappa shape index (κ3) is 10.4. The molecule has 1 rings (SSSR count). The third-order valence-corrected chi connectivity index (χ3v) is 5.32. The van der Waals surface area contributed by atoms with Gasteiger partial charge in [-0.05, 0) is 51.6 Å². The van der Waals surface area contributed by atoms with Crippen molar-refractivity contribution in [1.29, 1.82) is 0 Å². The van der Waals surface area contributed by atoms with Crippen molar-refractivity contribution in [3.8, 4) is 0 Å². The van der Waals surface area contributed by atoms with Crippen LogP contribution in [0, 0.1) is 0 Å². The van der Waals surface area contributed by atoms with Gasteiger partial charge in [0.25, 0.3) is 0 Å². The third-order valence-electron chi connectivity index (χ3n) is 5.32. The number of nitrogens with two attached hydrogens (primary N) is 2. The van der Waals surface area contributed by atoms with Gasteiger partial charge in [-0.15, -0.1) is 0 Å². The zero-order chi connectivity index (χ0) is 26.5. The van der Waals surface area contributed by atoms with Crippen LogP contribution in [0.3, 0.4) is 0 Å². The molecule has 6 unspecified atom stereocenters. The van der Waals surface area contributed by atoms with Gasteiger partial charge in [0, 0.05) is 0 Å². The largest absolute Gasteiger partial charge is 0.480 e. The van der Waals surface area contributed by atoms with Crippen molar-refractivity contribution in [3.05, 3.63) is 35.9 Å². The van der Waals surface area contributed by atoms with Crippen molar-refractivity contribution >= 4 is 23.7 Å². The Labute approximate surface area is 204 Å². The highest BCUT2D eigenvalue weighted by Crippen LogP contribution is 2.06. The van der Waals surface area contributed by atoms with E-state index in [4.69, 9.17) is 11.5 Å². The van der Waals surface area contributed by atoms with E-state index in [0.29, 0.717) is 19.4 Å². The average Bonchev–Trinajstić information content (AvgIpc) is 2.79. The lowest BCUT2D eigenvalue weighted by Crippen LogP contribution is -2.62. The van der Waals surface area contributed by atoms with E-state index in [1.165, 1.54) is 13.8 Å². The number of carboxylic acid groups (broad SMARTS) is 1. The van der Waals surface area contributed by atoms with E-state index in [2.05, 4.69) is 16.0 Å². The first-order chi connectivity index (χ1) is 16.5. The molecule has 0 spiro atoms. The zero-order valence-electron chi connectivity index (χ0n) is 20.0. The number of amides is 3. The van der Waals surface area contributed by atoms with Gasteiger partial charge >= 0.3 is 5.97 Å². The van der Waals surface area contributed by atoms with Crippen molar-refractivity contribution < 1.29 is 34.5 Å². The highest BCUT2D eigenvalue weighted by atomic mass is 16.4. The van der Waals surface area contributed by atoms with Crippen LogP contribution < -0.4 is 27.4 Å². The fourth-order valence-electron chi connectivity index (χ4n) is 3.29. The van der Waals surface area contributed by atoms with Crippen LogP contribution in [0.5, 0.6) is 0 Å². The number of aliphatic carboxylic acids is 1. The van der Waals surface area contributed by atoms with E-state index in [1.54, 1.807) is 24.3 Å². The number of rotatable bonds is 15. The summed E-state index contributed by atoms with van der Waals surface area (Å²) in [6, 6.07) is 3.73. The molecule has 0 saturated heterocycles. The normalized spacial score (nSPS) is 16.2. The van der Waals surface area contributed by atoms with Crippen molar-refractivity contribution in [2.75, 3.05) is 6.54 Å². The number of carbonyl (C=O) groups excluding carboxylic acids is 3. The lowest BCUT2D eigenvalue weighted by molar-refractivity contribution is -0.143. The van der Waals surface area contributed by atoms with E-state index in [0.717, 1.165) is 5.56 Å². The number of unbranched alkanes of at least 4 members (excludes halogenated alkanes) is 1. The fourth-order valence-corrected chi connectivity index (χ4v) is 3.29. The maximum absolute atomic E-state index is 12.8. The number of hydrogen-bond donors (Lipinski definition) is 8. The quantitative estimate of drug-likeness (QED) is 0.126. The molecule has 10 N–H and O–H groups in total. The molecule has 12 heteroatoms. The Morgan fingerprint density at radius 2 is 1.37 bits per heavy atom. The predicted molar refractivity (Wildman–Crippen MR) is 128 cm³/mol. The fraction of sp³-hybridized carbons (Fsp3) is 0.565. The molecule has 0 heterocycles. The number of aliphatic hydroxyl groups is 2. The summed E-state index contributed by atoms with van der Waals surface area (Å²) in [4.78, 5) is 49.5. The van der Waals surface area contributed by atoms with Gasteiger partial charge in [-0.25, -0.2) is 4.79 Å². The lowest BCUT2D eigenvalue weighted by atomic mass is 10.0. The van der Waals surface area contributed by atoms with Crippen molar-refractivity contribution in [2.24, 2.45) is 11.5 Å². The molecule has 0 saturated carbocycles. The number of carbonyl (C=O) groups is 4. The summed E-state index contributed by atoms with van der Waals surface area (Å²) in [6.45, 7) is 2.87. The summed E-state index contributed by atoms with van der Waals surface area (Å²) in [6.07, 6.45) is -1.42. The minimum absolute atomic E-state index is 0.115. The van der Waals surface area contributed by atoms with Gasteiger partial charge < -0.3 is 42.7 Å². The summed E-state index contributed by atoms with van der Waals surface area (Å²) in [5.41, 5.74) is 12.1. The van der Waals surface area contributed by atoms with E-state index in [-0.39, 0.29) is 12.8 Å². The van der Waals surface area contributed by atoms with Crippen LogP contribution in [-0.4, -0.2) is 81.9 Å². The molecule has 0 bridgehead atoms. The molecule has 35 heavy (non-hydrogen) atoms.